The second-order valence-electron chi connectivity index (χ2n) is 6.13. The molecular weight excluding hydrogens is 393 g/mol. The zero-order valence-electron chi connectivity index (χ0n) is 15.7. The van der Waals surface area contributed by atoms with Gasteiger partial charge in [0.05, 0.1) is 11.5 Å². The zero-order valence-corrected chi connectivity index (χ0v) is 17.4. The van der Waals surface area contributed by atoms with Crippen molar-refractivity contribution in [2.45, 2.75) is 50.3 Å². The lowest BCUT2D eigenvalue weighted by Gasteiger charge is -2.23. The van der Waals surface area contributed by atoms with E-state index < -0.39 is 17.7 Å². The highest BCUT2D eigenvalue weighted by atomic mass is 32.2. The number of carbonyl (C=O) groups is 1. The van der Waals surface area contributed by atoms with Crippen LogP contribution in [0.2, 0.25) is 0 Å². The molecule has 0 fully saturated rings. The average molecular weight is 420 g/mol. The Bertz CT molecular complexity index is 751. The first-order valence-corrected chi connectivity index (χ1v) is 12.2. The first-order valence-electron chi connectivity index (χ1n) is 8.86. The van der Waals surface area contributed by atoms with Crippen molar-refractivity contribution in [2.75, 3.05) is 19.4 Å². The van der Waals surface area contributed by atoms with Crippen molar-refractivity contribution in [3.8, 4) is 5.75 Å². The van der Waals surface area contributed by atoms with E-state index in [0.29, 0.717) is 6.42 Å². The number of rotatable bonds is 13. The monoisotopic (exact) mass is 420 g/mol. The second kappa shape index (κ2) is 11.4. The Kier molecular flexibility index (Phi) is 10.0. The molecule has 1 amide bonds. The average Bonchev–Trinajstić information content (AvgIpc) is 2.58. The highest BCUT2D eigenvalue weighted by molar-refractivity contribution is 7.90. The van der Waals surface area contributed by atoms with Crippen LogP contribution in [0.1, 0.15) is 45.4 Å². The van der Waals surface area contributed by atoms with Gasteiger partial charge in [0.2, 0.25) is 5.91 Å². The molecule has 0 spiro atoms. The number of benzene rings is 1. The Morgan fingerprint density at radius 2 is 1.93 bits per heavy atom. The van der Waals surface area contributed by atoms with Gasteiger partial charge in [-0.2, -0.15) is 0 Å². The Balaban J connectivity index is 2.34. The van der Waals surface area contributed by atoms with Crippen LogP contribution in [0.4, 0.5) is 0 Å². The summed E-state index contributed by atoms with van der Waals surface area (Å²) in [6.45, 7) is 1.88. The predicted molar refractivity (Wildman–Crippen MR) is 100 cm³/mol. The minimum Gasteiger partial charge on any atom is -0.746 e. The molecule has 154 valence electrons. The van der Waals surface area contributed by atoms with Crippen molar-refractivity contribution in [3.63, 3.8) is 0 Å². The Labute approximate surface area is 160 Å². The number of amides is 1. The molecule has 8 nitrogen and oxygen atoms in total. The fourth-order valence-corrected chi connectivity index (χ4v) is 3.64. The van der Waals surface area contributed by atoms with Gasteiger partial charge in [-0.15, -0.1) is 0 Å². The van der Waals surface area contributed by atoms with Gasteiger partial charge in [0, 0.05) is 19.2 Å². The molecule has 0 bridgehead atoms. The van der Waals surface area contributed by atoms with E-state index in [1.54, 1.807) is 0 Å². The number of hydrogen-bond donors (Lipinski definition) is 1. The molecule has 0 aliphatic carbocycles. The topological polar surface area (TPSA) is 122 Å². The van der Waals surface area contributed by atoms with Gasteiger partial charge >= 0.3 is 7.82 Å². The van der Waals surface area contributed by atoms with Crippen LogP contribution in [0.3, 0.4) is 0 Å². The molecule has 0 aliphatic rings. The smallest absolute Gasteiger partial charge is 0.319 e. The first-order chi connectivity index (χ1) is 12.6. The molecule has 1 aromatic rings. The summed E-state index contributed by atoms with van der Waals surface area (Å²) in [6.07, 6.45) is 6.59. The molecule has 0 saturated heterocycles. The van der Waals surface area contributed by atoms with Gasteiger partial charge in [-0.3, -0.25) is 9.36 Å². The van der Waals surface area contributed by atoms with Gasteiger partial charge in [-0.1, -0.05) is 38.7 Å². The molecule has 0 saturated carbocycles. The minimum absolute atomic E-state index is 0.0345. The maximum absolute atomic E-state index is 11.8. The number of sulfone groups is 1. The van der Waals surface area contributed by atoms with Crippen molar-refractivity contribution in [1.82, 2.24) is 5.32 Å². The third-order valence-electron chi connectivity index (χ3n) is 3.63. The van der Waals surface area contributed by atoms with Gasteiger partial charge in [0.25, 0.3) is 0 Å². The third-order valence-corrected chi connectivity index (χ3v) is 5.68. The lowest BCUT2D eigenvalue weighted by Crippen LogP contribution is -2.27. The zero-order chi connectivity index (χ0) is 20.3. The van der Waals surface area contributed by atoms with Crippen molar-refractivity contribution in [1.29, 1.82) is 0 Å². The summed E-state index contributed by atoms with van der Waals surface area (Å²) in [4.78, 5) is 23.4. The van der Waals surface area contributed by atoms with Crippen LogP contribution < -0.4 is 14.7 Å². The molecule has 1 unspecified atom stereocenters. The van der Waals surface area contributed by atoms with Gasteiger partial charge in [-0.05, 0) is 24.6 Å². The lowest BCUT2D eigenvalue weighted by molar-refractivity contribution is -0.216. The third kappa shape index (κ3) is 10.5. The van der Waals surface area contributed by atoms with Crippen LogP contribution in [0.15, 0.2) is 29.2 Å². The molecule has 1 N–H and O–H groups in total. The van der Waals surface area contributed by atoms with E-state index in [1.807, 2.05) is 0 Å². The molecule has 0 aromatic heterocycles. The maximum atomic E-state index is 11.8. The van der Waals surface area contributed by atoms with E-state index in [4.69, 9.17) is 4.52 Å². The van der Waals surface area contributed by atoms with Crippen molar-refractivity contribution in [3.05, 3.63) is 24.3 Å². The molecule has 0 aliphatic heterocycles. The largest absolute Gasteiger partial charge is 0.746 e. The van der Waals surface area contributed by atoms with E-state index >= 15 is 0 Å². The Morgan fingerprint density at radius 1 is 1.22 bits per heavy atom. The van der Waals surface area contributed by atoms with Gasteiger partial charge < -0.3 is 19.3 Å². The molecular formula is C17H27NO7PS-. The summed E-state index contributed by atoms with van der Waals surface area (Å²) < 4.78 is 44.2. The molecule has 0 heterocycles. The standard InChI is InChI=1S/C17H28NO7PS/c1-3-4-5-6-7-11-17(19)18-12-13-24-26(20,21)25-15-9-8-10-16(14-15)27(2,22)23/h8-10,14H,3-7,11-13H2,1-2H3,(H,18,19)(H,20,21)/p-1. The molecule has 1 atom stereocenters. The first kappa shape index (κ1) is 23.6. The van der Waals surface area contributed by atoms with Crippen molar-refractivity contribution >= 4 is 23.6 Å². The summed E-state index contributed by atoms with van der Waals surface area (Å²) in [5.41, 5.74) is 0. The van der Waals surface area contributed by atoms with E-state index in [9.17, 15) is 22.7 Å². The normalized spacial score (nSPS) is 13.7. The fourth-order valence-electron chi connectivity index (χ4n) is 2.24. The second-order valence-corrected chi connectivity index (χ2v) is 9.48. The number of phosphoric acid groups is 1. The lowest BCUT2D eigenvalue weighted by atomic mass is 10.1. The molecule has 10 heteroatoms. The summed E-state index contributed by atoms with van der Waals surface area (Å²) >= 11 is 0. The van der Waals surface area contributed by atoms with Crippen LogP contribution in [0, 0.1) is 0 Å². The van der Waals surface area contributed by atoms with Crippen LogP contribution in [-0.4, -0.2) is 33.7 Å². The van der Waals surface area contributed by atoms with Crippen LogP contribution >= 0.6 is 7.82 Å². The highest BCUT2D eigenvalue weighted by Crippen LogP contribution is 2.39. The Morgan fingerprint density at radius 3 is 2.59 bits per heavy atom. The summed E-state index contributed by atoms with van der Waals surface area (Å²) in [5, 5.41) is 2.58. The number of hydrogen-bond acceptors (Lipinski definition) is 7. The van der Waals surface area contributed by atoms with E-state index in [0.717, 1.165) is 44.4 Å². The van der Waals surface area contributed by atoms with E-state index in [1.165, 1.54) is 18.2 Å². The van der Waals surface area contributed by atoms with E-state index in [-0.39, 0.29) is 29.7 Å². The van der Waals surface area contributed by atoms with Crippen LogP contribution in [0.25, 0.3) is 0 Å². The van der Waals surface area contributed by atoms with E-state index in [2.05, 4.69) is 16.8 Å². The molecule has 1 aromatic carbocycles. The molecule has 27 heavy (non-hydrogen) atoms. The summed E-state index contributed by atoms with van der Waals surface area (Å²) in [5.74, 6) is -0.315. The fraction of sp³-hybridized carbons (Fsp3) is 0.588. The van der Waals surface area contributed by atoms with Gasteiger partial charge in [-0.25, -0.2) is 8.42 Å². The van der Waals surface area contributed by atoms with Crippen LogP contribution in [0.5, 0.6) is 5.75 Å². The van der Waals surface area contributed by atoms with Crippen LogP contribution in [-0.2, 0) is 23.7 Å². The molecule has 0 radical (unpaired) electrons. The number of unbranched alkanes of at least 4 members (excludes halogenated alkanes) is 4. The van der Waals surface area contributed by atoms with Gasteiger partial charge in [0.15, 0.2) is 9.84 Å². The highest BCUT2D eigenvalue weighted by Gasteiger charge is 2.14. The number of nitrogens with one attached hydrogen (secondary N) is 1. The SMILES string of the molecule is CCCCCCCC(=O)NCCOP(=O)([O-])Oc1cccc(S(C)(=O)=O)c1. The summed E-state index contributed by atoms with van der Waals surface area (Å²) in [6, 6.07) is 5.11. The molecule has 1 rings (SSSR count). The quantitative estimate of drug-likeness (QED) is 0.384. The Hall–Kier alpha value is -1.41. The summed E-state index contributed by atoms with van der Waals surface area (Å²) in [7, 11) is -8.16. The van der Waals surface area contributed by atoms with Crippen molar-refractivity contribution < 1.29 is 31.7 Å². The minimum atomic E-state index is -4.68. The van der Waals surface area contributed by atoms with Crippen molar-refractivity contribution in [2.24, 2.45) is 0 Å². The predicted octanol–water partition coefficient (Wildman–Crippen LogP) is 2.43. The number of carbonyl (C=O) groups excluding carboxylic acids is 1. The number of phosphoric ester groups is 1. The maximum Gasteiger partial charge on any atom is 0.319 e. The van der Waals surface area contributed by atoms with Gasteiger partial charge in [0.1, 0.15) is 5.75 Å².